The van der Waals surface area contributed by atoms with E-state index in [2.05, 4.69) is 15.0 Å². The highest BCUT2D eigenvalue weighted by Crippen LogP contribution is 2.58. The first-order valence-corrected chi connectivity index (χ1v) is 7.76. The molecule has 0 radical (unpaired) electrons. The van der Waals surface area contributed by atoms with Gasteiger partial charge in [0.1, 0.15) is 5.69 Å². The van der Waals surface area contributed by atoms with Gasteiger partial charge in [-0.05, 0) is 31.4 Å². The number of hydrogen-bond acceptors (Lipinski definition) is 4. The molecule has 2 aliphatic carbocycles. The fraction of sp³-hybridized carbons (Fsp3) is 0.562. The van der Waals surface area contributed by atoms with Gasteiger partial charge in [0.15, 0.2) is 5.65 Å². The fourth-order valence-electron chi connectivity index (χ4n) is 4.10. The Bertz CT molecular complexity index is 722. The van der Waals surface area contributed by atoms with Gasteiger partial charge in [-0.1, -0.05) is 6.42 Å². The Balaban J connectivity index is 1.57. The van der Waals surface area contributed by atoms with Gasteiger partial charge in [-0.3, -0.25) is 4.79 Å². The number of H-pyrrole nitrogens is 1. The van der Waals surface area contributed by atoms with Crippen molar-refractivity contribution in [1.29, 1.82) is 0 Å². The van der Waals surface area contributed by atoms with Gasteiger partial charge < -0.3 is 14.6 Å². The van der Waals surface area contributed by atoms with Crippen LogP contribution in [0.25, 0.3) is 11.2 Å². The Morgan fingerprint density at radius 3 is 2.95 bits per heavy atom. The van der Waals surface area contributed by atoms with Crippen LogP contribution in [0, 0.1) is 5.41 Å². The summed E-state index contributed by atoms with van der Waals surface area (Å²) >= 11 is 0. The number of methoxy groups -OCH3 is 1. The largest absolute Gasteiger partial charge is 0.381 e. The number of aromatic amines is 1. The number of carbonyl (C=O) groups is 1. The van der Waals surface area contributed by atoms with Gasteiger partial charge in [0.25, 0.3) is 5.91 Å². The van der Waals surface area contributed by atoms with Crippen LogP contribution < -0.4 is 0 Å². The van der Waals surface area contributed by atoms with E-state index in [-0.39, 0.29) is 17.4 Å². The predicted molar refractivity (Wildman–Crippen MR) is 81.5 cm³/mol. The van der Waals surface area contributed by atoms with Crippen LogP contribution in [-0.4, -0.2) is 52.1 Å². The molecule has 0 aliphatic heterocycles. The molecule has 116 valence electrons. The second-order valence-electron chi connectivity index (χ2n) is 6.45. The molecule has 2 fully saturated rings. The molecule has 2 aliphatic rings. The van der Waals surface area contributed by atoms with E-state index in [0.717, 1.165) is 24.8 Å². The number of ether oxygens (including phenoxy) is 1. The minimum Gasteiger partial charge on any atom is -0.381 e. The number of fused-ring (bicyclic) bond motifs is 1. The summed E-state index contributed by atoms with van der Waals surface area (Å²) in [4.78, 5) is 26.1. The molecule has 4 rings (SSSR count). The van der Waals surface area contributed by atoms with E-state index < -0.39 is 0 Å². The van der Waals surface area contributed by atoms with Crippen LogP contribution in [0.5, 0.6) is 0 Å². The summed E-state index contributed by atoms with van der Waals surface area (Å²) in [6, 6.07) is 3.88. The lowest BCUT2D eigenvalue weighted by molar-refractivity contribution is -0.182. The summed E-state index contributed by atoms with van der Waals surface area (Å²) in [5, 5.41) is 0. The van der Waals surface area contributed by atoms with Gasteiger partial charge in [-0.2, -0.15) is 0 Å². The highest BCUT2D eigenvalue weighted by Gasteiger charge is 2.60. The van der Waals surface area contributed by atoms with Gasteiger partial charge >= 0.3 is 0 Å². The molecule has 22 heavy (non-hydrogen) atoms. The molecule has 2 atom stereocenters. The Hall–Kier alpha value is -1.95. The van der Waals surface area contributed by atoms with E-state index >= 15 is 0 Å². The minimum atomic E-state index is -0.0317. The number of carbonyl (C=O) groups excluding carboxylic acids is 1. The third-order valence-corrected chi connectivity index (χ3v) is 5.60. The summed E-state index contributed by atoms with van der Waals surface area (Å²) in [6.45, 7) is 0. The third-order valence-electron chi connectivity index (χ3n) is 5.60. The zero-order chi connectivity index (χ0) is 15.3. The van der Waals surface area contributed by atoms with E-state index in [9.17, 15) is 4.79 Å². The molecule has 2 aromatic heterocycles. The van der Waals surface area contributed by atoms with Crippen LogP contribution in [0.3, 0.4) is 0 Å². The minimum absolute atomic E-state index is 0.0317. The normalized spacial score (nSPS) is 25.7. The monoisotopic (exact) mass is 300 g/mol. The van der Waals surface area contributed by atoms with Crippen molar-refractivity contribution in [2.24, 2.45) is 5.41 Å². The molecule has 1 N–H and O–H groups in total. The maximum absolute atomic E-state index is 12.8. The fourth-order valence-corrected chi connectivity index (χ4v) is 4.10. The Morgan fingerprint density at radius 1 is 1.45 bits per heavy atom. The zero-order valence-electron chi connectivity index (χ0n) is 12.9. The maximum Gasteiger partial charge on any atom is 0.272 e. The van der Waals surface area contributed by atoms with Crippen molar-refractivity contribution >= 4 is 17.1 Å². The second kappa shape index (κ2) is 4.78. The summed E-state index contributed by atoms with van der Waals surface area (Å²) in [5.74, 6) is -0.0317. The second-order valence-corrected chi connectivity index (χ2v) is 6.45. The third kappa shape index (κ3) is 1.73. The lowest BCUT2D eigenvalue weighted by Crippen LogP contribution is -2.67. The standard InChI is InChI=1S/C16H20N4O2/c1-20(12-8-13(22-2)16(12)6-3-7-16)15(21)11-5-4-10-14(19-11)18-9-17-10/h4-5,9,12-13H,3,6-8H2,1-2H3,(H,17,18,19). The van der Waals surface area contributed by atoms with Gasteiger partial charge in [0.2, 0.25) is 0 Å². The smallest absolute Gasteiger partial charge is 0.272 e. The van der Waals surface area contributed by atoms with Crippen molar-refractivity contribution in [2.75, 3.05) is 14.2 Å². The number of aromatic nitrogens is 3. The highest BCUT2D eigenvalue weighted by molar-refractivity contribution is 5.94. The molecule has 0 saturated heterocycles. The number of hydrogen-bond donors (Lipinski definition) is 1. The number of amides is 1. The molecule has 1 amide bonds. The van der Waals surface area contributed by atoms with Crippen LogP contribution >= 0.6 is 0 Å². The first-order valence-electron chi connectivity index (χ1n) is 7.76. The lowest BCUT2D eigenvalue weighted by Gasteiger charge is -2.62. The summed E-state index contributed by atoms with van der Waals surface area (Å²) < 4.78 is 5.59. The quantitative estimate of drug-likeness (QED) is 0.941. The van der Waals surface area contributed by atoms with Crippen molar-refractivity contribution in [2.45, 2.75) is 37.8 Å². The zero-order valence-corrected chi connectivity index (χ0v) is 12.9. The van der Waals surface area contributed by atoms with Crippen molar-refractivity contribution in [3.8, 4) is 0 Å². The molecule has 0 aromatic carbocycles. The van der Waals surface area contributed by atoms with E-state index in [1.54, 1.807) is 19.5 Å². The van der Waals surface area contributed by atoms with E-state index in [1.165, 1.54) is 6.42 Å². The molecule has 2 aromatic rings. The van der Waals surface area contributed by atoms with Crippen molar-refractivity contribution in [3.63, 3.8) is 0 Å². The van der Waals surface area contributed by atoms with Crippen LogP contribution in [0.15, 0.2) is 18.5 Å². The molecule has 1 spiro atoms. The molecule has 2 saturated carbocycles. The molecule has 6 nitrogen and oxygen atoms in total. The molecular formula is C16H20N4O2. The average molecular weight is 300 g/mol. The predicted octanol–water partition coefficient (Wildman–Crippen LogP) is 1.99. The van der Waals surface area contributed by atoms with E-state index in [1.807, 2.05) is 18.0 Å². The van der Waals surface area contributed by atoms with Gasteiger partial charge in [-0.25, -0.2) is 9.97 Å². The molecule has 6 heteroatoms. The maximum atomic E-state index is 12.8. The van der Waals surface area contributed by atoms with Crippen molar-refractivity contribution in [1.82, 2.24) is 19.9 Å². The highest BCUT2D eigenvalue weighted by atomic mass is 16.5. The summed E-state index contributed by atoms with van der Waals surface area (Å²) in [5.41, 5.74) is 2.06. The van der Waals surface area contributed by atoms with Gasteiger partial charge in [-0.15, -0.1) is 0 Å². The van der Waals surface area contributed by atoms with Crippen LogP contribution in [0.4, 0.5) is 0 Å². The van der Waals surface area contributed by atoms with Crippen molar-refractivity contribution < 1.29 is 9.53 Å². The van der Waals surface area contributed by atoms with E-state index in [4.69, 9.17) is 4.74 Å². The van der Waals surface area contributed by atoms with Gasteiger partial charge in [0.05, 0.1) is 17.9 Å². The Kier molecular flexibility index (Phi) is 2.97. The van der Waals surface area contributed by atoms with Crippen LogP contribution in [0.2, 0.25) is 0 Å². The first-order chi connectivity index (χ1) is 10.7. The lowest BCUT2D eigenvalue weighted by atomic mass is 9.50. The number of nitrogens with zero attached hydrogens (tertiary/aromatic N) is 3. The Morgan fingerprint density at radius 2 is 2.27 bits per heavy atom. The number of imidazole rings is 1. The number of nitrogens with one attached hydrogen (secondary N) is 1. The Labute approximate surface area is 128 Å². The summed E-state index contributed by atoms with van der Waals surface area (Å²) in [6.07, 6.45) is 6.34. The molecule has 0 bridgehead atoms. The molecular weight excluding hydrogens is 280 g/mol. The van der Waals surface area contributed by atoms with Gasteiger partial charge in [0, 0.05) is 25.6 Å². The summed E-state index contributed by atoms with van der Waals surface area (Å²) in [7, 11) is 3.66. The molecule has 2 heterocycles. The van der Waals surface area contributed by atoms with Crippen molar-refractivity contribution in [3.05, 3.63) is 24.2 Å². The van der Waals surface area contributed by atoms with E-state index in [0.29, 0.717) is 17.4 Å². The van der Waals surface area contributed by atoms with Crippen LogP contribution in [0.1, 0.15) is 36.2 Å². The topological polar surface area (TPSA) is 71.1 Å². The van der Waals surface area contributed by atoms with Crippen LogP contribution in [-0.2, 0) is 4.74 Å². The number of rotatable bonds is 3. The first kappa shape index (κ1) is 13.7. The SMILES string of the molecule is COC1CC(N(C)C(=O)c2ccc3[nH]cnc3n2)C12CCC2. The average Bonchev–Trinajstić information content (AvgIpc) is 2.91. The molecule has 2 unspecified atom stereocenters. The number of pyridine rings is 1.